The van der Waals surface area contributed by atoms with Crippen molar-refractivity contribution in [3.63, 3.8) is 0 Å². The smallest absolute Gasteiger partial charge is 0.363 e. The number of hydrogen-bond acceptors (Lipinski definition) is 6. The van der Waals surface area contributed by atoms with Crippen molar-refractivity contribution in [3.8, 4) is 11.5 Å². The molecule has 7 heteroatoms. The fourth-order valence-electron chi connectivity index (χ4n) is 2.63. The zero-order valence-electron chi connectivity index (χ0n) is 15.8. The molecule has 28 heavy (non-hydrogen) atoms. The number of methoxy groups -OCH3 is 1. The van der Waals surface area contributed by atoms with Gasteiger partial charge in [0, 0.05) is 12.5 Å². The molecule has 0 N–H and O–H groups in total. The third kappa shape index (κ3) is 4.14. The highest BCUT2D eigenvalue weighted by Gasteiger charge is 2.25. The summed E-state index contributed by atoms with van der Waals surface area (Å²) >= 11 is 3.36. The number of cyclic esters (lactones) is 1. The maximum atomic E-state index is 12.2. The van der Waals surface area contributed by atoms with Gasteiger partial charge in [0.05, 0.1) is 11.6 Å². The Labute approximate surface area is 171 Å². The summed E-state index contributed by atoms with van der Waals surface area (Å²) < 4.78 is 16.3. The minimum atomic E-state index is -0.535. The summed E-state index contributed by atoms with van der Waals surface area (Å²) in [5.74, 6) is -0.118. The predicted octanol–water partition coefficient (Wildman–Crippen LogP) is 4.34. The number of carbonyl (C=O) groups is 2. The van der Waals surface area contributed by atoms with Crippen molar-refractivity contribution >= 4 is 39.8 Å². The number of ether oxygens (including phenoxy) is 3. The number of hydrogen-bond donors (Lipinski definition) is 0. The third-order valence-corrected chi connectivity index (χ3v) is 4.76. The molecule has 2 aromatic carbocycles. The lowest BCUT2D eigenvalue weighted by atomic mass is 10.1. The largest absolute Gasteiger partial charge is 0.493 e. The van der Waals surface area contributed by atoms with Crippen LogP contribution in [0.4, 0.5) is 0 Å². The molecule has 0 saturated carbocycles. The first kappa shape index (κ1) is 19.8. The molecule has 0 unspecified atom stereocenters. The molecule has 3 rings (SSSR count). The highest BCUT2D eigenvalue weighted by atomic mass is 79.9. The molecule has 0 fully saturated rings. The van der Waals surface area contributed by atoms with Crippen molar-refractivity contribution < 1.29 is 23.8 Å². The molecule has 0 atom stereocenters. The molecule has 0 bridgehead atoms. The number of halogens is 1. The van der Waals surface area contributed by atoms with Gasteiger partial charge in [-0.05, 0) is 76.8 Å². The molecular formula is C21H18BrNO5. The van der Waals surface area contributed by atoms with Crippen LogP contribution in [0.5, 0.6) is 11.5 Å². The lowest BCUT2D eigenvalue weighted by molar-refractivity contribution is -0.132. The van der Waals surface area contributed by atoms with Crippen LogP contribution in [0.15, 0.2) is 45.5 Å². The van der Waals surface area contributed by atoms with E-state index in [0.29, 0.717) is 15.8 Å². The maximum absolute atomic E-state index is 12.2. The first-order valence-electron chi connectivity index (χ1n) is 8.44. The monoisotopic (exact) mass is 443 g/mol. The molecule has 2 aromatic rings. The third-order valence-electron chi connectivity index (χ3n) is 4.18. The zero-order valence-corrected chi connectivity index (χ0v) is 17.4. The summed E-state index contributed by atoms with van der Waals surface area (Å²) in [5, 5.41) is 0. The Morgan fingerprint density at radius 1 is 1.18 bits per heavy atom. The fourth-order valence-corrected chi connectivity index (χ4v) is 3.17. The Balaban J connectivity index is 1.97. The summed E-state index contributed by atoms with van der Waals surface area (Å²) in [6, 6.07) is 9.10. The van der Waals surface area contributed by atoms with Crippen LogP contribution in [0.1, 0.15) is 29.2 Å². The molecule has 0 aromatic heterocycles. The van der Waals surface area contributed by atoms with Crippen LogP contribution in [-0.2, 0) is 14.3 Å². The molecule has 0 saturated heterocycles. The van der Waals surface area contributed by atoms with Gasteiger partial charge in [0.25, 0.3) is 0 Å². The van der Waals surface area contributed by atoms with Crippen molar-refractivity contribution in [3.05, 3.63) is 62.8 Å². The van der Waals surface area contributed by atoms with Crippen LogP contribution in [0.3, 0.4) is 0 Å². The van der Waals surface area contributed by atoms with Crippen LogP contribution in [0, 0.1) is 13.8 Å². The highest BCUT2D eigenvalue weighted by Crippen LogP contribution is 2.37. The molecule has 0 amide bonds. The summed E-state index contributed by atoms with van der Waals surface area (Å²) in [6.45, 7) is 5.30. The van der Waals surface area contributed by atoms with E-state index in [0.717, 1.165) is 16.7 Å². The van der Waals surface area contributed by atoms with E-state index in [1.807, 2.05) is 32.0 Å². The van der Waals surface area contributed by atoms with E-state index in [4.69, 9.17) is 14.2 Å². The van der Waals surface area contributed by atoms with Gasteiger partial charge in [-0.1, -0.05) is 6.07 Å². The molecule has 0 radical (unpaired) electrons. The lowest BCUT2D eigenvalue weighted by Crippen LogP contribution is -2.06. The summed E-state index contributed by atoms with van der Waals surface area (Å²) in [7, 11) is 1.46. The summed E-state index contributed by atoms with van der Waals surface area (Å²) in [4.78, 5) is 27.8. The minimum Gasteiger partial charge on any atom is -0.493 e. The normalized spacial score (nSPS) is 14.7. The van der Waals surface area contributed by atoms with Gasteiger partial charge in [0.2, 0.25) is 5.90 Å². The van der Waals surface area contributed by atoms with Crippen LogP contribution in [0.25, 0.3) is 6.08 Å². The first-order chi connectivity index (χ1) is 13.3. The topological polar surface area (TPSA) is 74.2 Å². The molecule has 0 aliphatic carbocycles. The lowest BCUT2D eigenvalue weighted by Gasteiger charge is -2.11. The standard InChI is InChI=1S/C21H18BrNO5/c1-11-5-6-15(7-12(11)2)20-23-17(21(25)28-20)9-14-8-16(22)19(27-13(3)24)18(10-14)26-4/h5-10H,1-4H3/b17-9-. The highest BCUT2D eigenvalue weighted by molar-refractivity contribution is 9.10. The number of nitrogens with zero attached hydrogens (tertiary/aromatic N) is 1. The van der Waals surface area contributed by atoms with E-state index in [2.05, 4.69) is 20.9 Å². The van der Waals surface area contributed by atoms with Crippen molar-refractivity contribution in [1.82, 2.24) is 0 Å². The van der Waals surface area contributed by atoms with E-state index in [-0.39, 0.29) is 17.3 Å². The Kier molecular flexibility index (Phi) is 5.65. The number of esters is 2. The Morgan fingerprint density at radius 2 is 1.93 bits per heavy atom. The average Bonchev–Trinajstić information content (AvgIpc) is 2.99. The molecule has 144 valence electrons. The van der Waals surface area contributed by atoms with Gasteiger partial charge in [0.1, 0.15) is 0 Å². The average molecular weight is 444 g/mol. The van der Waals surface area contributed by atoms with Gasteiger partial charge in [-0.3, -0.25) is 4.79 Å². The second-order valence-corrected chi connectivity index (χ2v) is 7.12. The Morgan fingerprint density at radius 3 is 2.57 bits per heavy atom. The van der Waals surface area contributed by atoms with E-state index >= 15 is 0 Å². The van der Waals surface area contributed by atoms with E-state index < -0.39 is 11.9 Å². The second kappa shape index (κ2) is 7.98. The quantitative estimate of drug-likeness (QED) is 0.399. The number of rotatable bonds is 4. The SMILES string of the molecule is COc1cc(/C=C2\N=C(c3ccc(C)c(C)c3)OC2=O)cc(Br)c1OC(C)=O. The Bertz CT molecular complexity index is 1040. The van der Waals surface area contributed by atoms with Crippen LogP contribution in [0.2, 0.25) is 0 Å². The second-order valence-electron chi connectivity index (χ2n) is 6.26. The molecule has 1 aliphatic heterocycles. The van der Waals surface area contributed by atoms with Gasteiger partial charge in [-0.15, -0.1) is 0 Å². The minimum absolute atomic E-state index is 0.169. The molecule has 1 heterocycles. The number of benzene rings is 2. The Hall–Kier alpha value is -2.93. The molecular weight excluding hydrogens is 426 g/mol. The number of carbonyl (C=O) groups excluding carboxylic acids is 2. The zero-order chi connectivity index (χ0) is 20.4. The van der Waals surface area contributed by atoms with Crippen molar-refractivity contribution in [1.29, 1.82) is 0 Å². The van der Waals surface area contributed by atoms with Gasteiger partial charge in [0.15, 0.2) is 17.2 Å². The van der Waals surface area contributed by atoms with Crippen LogP contribution in [-0.4, -0.2) is 24.9 Å². The van der Waals surface area contributed by atoms with E-state index in [9.17, 15) is 9.59 Å². The van der Waals surface area contributed by atoms with Gasteiger partial charge < -0.3 is 14.2 Å². The van der Waals surface area contributed by atoms with Crippen molar-refractivity contribution in [2.24, 2.45) is 4.99 Å². The fraction of sp³-hybridized carbons (Fsp3) is 0.190. The van der Waals surface area contributed by atoms with Gasteiger partial charge >= 0.3 is 11.9 Å². The van der Waals surface area contributed by atoms with Crippen molar-refractivity contribution in [2.45, 2.75) is 20.8 Å². The summed E-state index contributed by atoms with van der Waals surface area (Å²) in [6.07, 6.45) is 1.58. The van der Waals surface area contributed by atoms with E-state index in [1.54, 1.807) is 18.2 Å². The van der Waals surface area contributed by atoms with Gasteiger partial charge in [-0.2, -0.15) is 0 Å². The molecule has 1 aliphatic rings. The van der Waals surface area contributed by atoms with E-state index in [1.165, 1.54) is 14.0 Å². The number of aryl methyl sites for hydroxylation is 2. The molecule has 6 nitrogen and oxygen atoms in total. The number of aliphatic imine (C=N–C) groups is 1. The first-order valence-corrected chi connectivity index (χ1v) is 9.24. The van der Waals surface area contributed by atoms with Crippen LogP contribution < -0.4 is 9.47 Å². The van der Waals surface area contributed by atoms with Crippen molar-refractivity contribution in [2.75, 3.05) is 7.11 Å². The maximum Gasteiger partial charge on any atom is 0.363 e. The molecule has 0 spiro atoms. The predicted molar refractivity (Wildman–Crippen MR) is 109 cm³/mol. The van der Waals surface area contributed by atoms with Crippen LogP contribution >= 0.6 is 15.9 Å². The summed E-state index contributed by atoms with van der Waals surface area (Å²) in [5.41, 5.74) is 3.78. The van der Waals surface area contributed by atoms with Gasteiger partial charge in [-0.25, -0.2) is 9.79 Å².